The van der Waals surface area contributed by atoms with Crippen molar-refractivity contribution >= 4 is 29.3 Å². The molecule has 9 nitrogen and oxygen atoms in total. The number of aromatic nitrogens is 1. The molecule has 0 spiro atoms. The van der Waals surface area contributed by atoms with E-state index in [2.05, 4.69) is 10.3 Å². The van der Waals surface area contributed by atoms with Crippen LogP contribution in [0.5, 0.6) is 0 Å². The molecule has 3 aromatic rings. The highest BCUT2D eigenvalue weighted by atomic mass is 19.4. The molecule has 0 saturated carbocycles. The van der Waals surface area contributed by atoms with Crippen molar-refractivity contribution in [1.82, 2.24) is 4.98 Å². The number of hydrogen-bond donors (Lipinski definition) is 2. The third kappa shape index (κ3) is 9.13. The van der Waals surface area contributed by atoms with Crippen LogP contribution in [0.3, 0.4) is 0 Å². The summed E-state index contributed by atoms with van der Waals surface area (Å²) in [6.45, 7) is 5.37. The van der Waals surface area contributed by atoms with E-state index in [-0.39, 0.29) is 47.1 Å². The van der Waals surface area contributed by atoms with Gasteiger partial charge in [0.15, 0.2) is 0 Å². The molecule has 1 aromatic heterocycles. The molecule has 2 aliphatic heterocycles. The molecule has 2 aromatic carbocycles. The molecule has 1 amide bonds. The minimum atomic E-state index is -5.10. The van der Waals surface area contributed by atoms with Crippen LogP contribution >= 0.6 is 0 Å². The Kier molecular flexibility index (Phi) is 11.4. The molecule has 54 heavy (non-hydrogen) atoms. The Hall–Kier alpha value is -4.74. The zero-order valence-corrected chi connectivity index (χ0v) is 29.3. The van der Waals surface area contributed by atoms with Gasteiger partial charge >= 0.3 is 30.6 Å². The van der Waals surface area contributed by atoms with Crippen molar-refractivity contribution in [3.05, 3.63) is 82.0 Å². The monoisotopic (exact) mass is 776 g/mol. The van der Waals surface area contributed by atoms with Gasteiger partial charge in [0.25, 0.3) is 0 Å². The van der Waals surface area contributed by atoms with Gasteiger partial charge in [-0.15, -0.1) is 0 Å². The largest absolute Gasteiger partial charge is 0.481 e. The van der Waals surface area contributed by atoms with Crippen LogP contribution in [-0.4, -0.2) is 61.1 Å². The van der Waals surface area contributed by atoms with Crippen LogP contribution in [0.15, 0.2) is 48.7 Å². The number of pyridine rings is 1. The lowest BCUT2D eigenvalue weighted by atomic mass is 9.88. The number of nitrogens with zero attached hydrogens (tertiary/aromatic N) is 3. The number of morpholine rings is 1. The van der Waals surface area contributed by atoms with Crippen LogP contribution in [-0.2, 0) is 39.2 Å². The smallest absolute Gasteiger partial charge is 0.416 e. The van der Waals surface area contributed by atoms with Crippen LogP contribution in [0.4, 0.5) is 61.5 Å². The molecule has 0 aliphatic carbocycles. The minimum Gasteiger partial charge on any atom is -0.481 e. The van der Waals surface area contributed by atoms with Crippen LogP contribution in [0.1, 0.15) is 73.0 Å². The Morgan fingerprint density at radius 2 is 1.52 bits per heavy atom. The van der Waals surface area contributed by atoms with Crippen LogP contribution in [0.2, 0.25) is 0 Å². The van der Waals surface area contributed by atoms with E-state index in [4.69, 9.17) is 9.47 Å². The predicted octanol–water partition coefficient (Wildman–Crippen LogP) is 8.95. The highest BCUT2D eigenvalue weighted by Crippen LogP contribution is 2.44. The van der Waals surface area contributed by atoms with Gasteiger partial charge in [-0.2, -0.15) is 39.5 Å². The molecular formula is C36H37F9N4O5. The first-order valence-corrected chi connectivity index (χ1v) is 16.9. The van der Waals surface area contributed by atoms with Crippen LogP contribution in [0, 0.1) is 5.41 Å². The number of alkyl halides is 9. The maximum Gasteiger partial charge on any atom is 0.416 e. The van der Waals surface area contributed by atoms with E-state index in [1.165, 1.54) is 20.0 Å². The Morgan fingerprint density at radius 1 is 0.907 bits per heavy atom. The zero-order chi connectivity index (χ0) is 39.8. The zero-order valence-electron chi connectivity index (χ0n) is 29.3. The van der Waals surface area contributed by atoms with Gasteiger partial charge in [-0.1, -0.05) is 6.92 Å². The van der Waals surface area contributed by atoms with Crippen molar-refractivity contribution in [2.45, 2.75) is 70.6 Å². The fraction of sp³-hybridized carbons (Fsp3) is 0.472. The van der Waals surface area contributed by atoms with E-state index in [1.54, 1.807) is 13.0 Å². The van der Waals surface area contributed by atoms with Gasteiger partial charge in [-0.25, -0.2) is 9.78 Å². The first kappa shape index (κ1) is 40.4. The Morgan fingerprint density at radius 3 is 2.07 bits per heavy atom. The standard InChI is InChI=1S/C36H37F9N4O5/c1-4-25-17-28(27-16-22(34(37,38)39)5-6-29(27)49(25)32(52)54-19-33(2,3)31(50)51)47-30-21(14-26(18-46-30)48-7-9-53-10-8-48)11-20-12-23(35(40,41)42)15-24(13-20)36(43,44)45/h5-6,12-16,18,25,28H,4,7-11,17,19H2,1-3H3,(H,46,47)(H,50,51)/t25-,28+/m1/s1. The first-order chi connectivity index (χ1) is 25.1. The number of carboxylic acids is 1. The van der Waals surface area contributed by atoms with E-state index in [0.29, 0.717) is 44.1 Å². The molecule has 294 valence electrons. The van der Waals surface area contributed by atoms with Gasteiger partial charge in [-0.05, 0) is 80.3 Å². The molecule has 2 aliphatic rings. The number of fused-ring (bicyclic) bond motifs is 1. The molecule has 1 fully saturated rings. The number of nitrogens with one attached hydrogen (secondary N) is 1. The molecule has 1 saturated heterocycles. The van der Waals surface area contributed by atoms with Crippen LogP contribution in [0.25, 0.3) is 0 Å². The van der Waals surface area contributed by atoms with Gasteiger partial charge in [0.1, 0.15) is 12.4 Å². The first-order valence-electron chi connectivity index (χ1n) is 16.9. The Bertz CT molecular complexity index is 1830. The van der Waals surface area contributed by atoms with Crippen molar-refractivity contribution in [3.8, 4) is 0 Å². The molecule has 5 rings (SSSR count). The van der Waals surface area contributed by atoms with Gasteiger partial charge in [0.05, 0.1) is 58.9 Å². The highest BCUT2D eigenvalue weighted by Gasteiger charge is 2.41. The summed E-state index contributed by atoms with van der Waals surface area (Å²) in [6, 6.07) is 3.78. The number of halogens is 9. The van der Waals surface area contributed by atoms with E-state index >= 15 is 0 Å². The molecule has 2 N–H and O–H groups in total. The van der Waals surface area contributed by atoms with E-state index < -0.39 is 77.8 Å². The lowest BCUT2D eigenvalue weighted by molar-refractivity contribution is -0.149. The summed E-state index contributed by atoms with van der Waals surface area (Å²) in [5.74, 6) is -1.26. The average molecular weight is 777 g/mol. The lowest BCUT2D eigenvalue weighted by Crippen LogP contribution is -2.47. The quantitative estimate of drug-likeness (QED) is 0.208. The summed E-state index contributed by atoms with van der Waals surface area (Å²) in [4.78, 5) is 32.6. The van der Waals surface area contributed by atoms with Gasteiger partial charge in [0.2, 0.25) is 0 Å². The Labute approximate surface area is 304 Å². The number of hydrogen-bond acceptors (Lipinski definition) is 7. The highest BCUT2D eigenvalue weighted by molar-refractivity contribution is 5.91. The minimum absolute atomic E-state index is 0.0135. The number of benzene rings is 2. The topological polar surface area (TPSA) is 104 Å². The molecular weight excluding hydrogens is 739 g/mol. The number of anilines is 3. The number of carbonyl (C=O) groups excluding carboxylic acids is 1. The third-order valence-electron chi connectivity index (χ3n) is 9.35. The molecule has 0 radical (unpaired) electrons. The normalized spacial score (nSPS) is 18.3. The fourth-order valence-electron chi connectivity index (χ4n) is 6.30. The average Bonchev–Trinajstić information content (AvgIpc) is 3.10. The second-order valence-corrected chi connectivity index (χ2v) is 13.8. The summed E-state index contributed by atoms with van der Waals surface area (Å²) in [5.41, 5.74) is -5.23. The van der Waals surface area contributed by atoms with Crippen molar-refractivity contribution in [1.29, 1.82) is 0 Å². The van der Waals surface area contributed by atoms with Crippen LogP contribution < -0.4 is 15.1 Å². The Balaban J connectivity index is 1.59. The maximum atomic E-state index is 14.0. The van der Waals surface area contributed by atoms with E-state index in [1.807, 2.05) is 4.90 Å². The van der Waals surface area contributed by atoms with Crippen molar-refractivity contribution < 1.29 is 63.7 Å². The third-order valence-corrected chi connectivity index (χ3v) is 9.35. The fourth-order valence-corrected chi connectivity index (χ4v) is 6.30. The number of carboxylic acid groups (broad SMARTS) is 1. The number of rotatable bonds is 9. The summed E-state index contributed by atoms with van der Waals surface area (Å²) < 4.78 is 135. The van der Waals surface area contributed by atoms with Crippen molar-refractivity contribution in [2.75, 3.05) is 48.0 Å². The molecule has 2 atom stereocenters. The number of ether oxygens (including phenoxy) is 2. The molecule has 3 heterocycles. The van der Waals surface area contributed by atoms with Crippen molar-refractivity contribution in [3.63, 3.8) is 0 Å². The molecule has 0 unspecified atom stereocenters. The summed E-state index contributed by atoms with van der Waals surface area (Å²) in [5, 5.41) is 12.6. The summed E-state index contributed by atoms with van der Waals surface area (Å²) in [6.07, 6.45) is -14.8. The molecule has 18 heteroatoms. The SMILES string of the molecule is CC[C@@H]1C[C@H](Nc2ncc(N3CCOCC3)cc2Cc2cc(C(F)(F)F)cc(C(F)(F)F)c2)c2cc(C(F)(F)F)ccc2N1C(=O)OCC(C)(C)C(=O)O. The van der Waals surface area contributed by atoms with E-state index in [0.717, 1.165) is 23.1 Å². The van der Waals surface area contributed by atoms with Gasteiger partial charge < -0.3 is 24.8 Å². The molecule has 0 bridgehead atoms. The number of aliphatic carboxylic acids is 1. The number of amides is 1. The maximum absolute atomic E-state index is 14.0. The summed E-state index contributed by atoms with van der Waals surface area (Å²) in [7, 11) is 0. The van der Waals surface area contributed by atoms with Gasteiger partial charge in [0, 0.05) is 31.1 Å². The van der Waals surface area contributed by atoms with Crippen molar-refractivity contribution in [2.24, 2.45) is 5.41 Å². The second kappa shape index (κ2) is 15.2. The predicted molar refractivity (Wildman–Crippen MR) is 178 cm³/mol. The van der Waals surface area contributed by atoms with E-state index in [9.17, 15) is 54.2 Å². The van der Waals surface area contributed by atoms with Gasteiger partial charge in [-0.3, -0.25) is 9.69 Å². The summed E-state index contributed by atoms with van der Waals surface area (Å²) >= 11 is 0. The lowest BCUT2D eigenvalue weighted by Gasteiger charge is -2.41. The number of carbonyl (C=O) groups is 2. The second-order valence-electron chi connectivity index (χ2n) is 13.8.